The molecule has 2 heterocycles. The van der Waals surface area contributed by atoms with Gasteiger partial charge in [-0.15, -0.1) is 0 Å². The Kier molecular flexibility index (Phi) is 5.93. The second kappa shape index (κ2) is 8.97. The molecule has 4 rings (SSSR count). The van der Waals surface area contributed by atoms with Crippen molar-refractivity contribution in [2.75, 3.05) is 19.5 Å². The fraction of sp³-hybridized carbons (Fsp3) is 0.208. The van der Waals surface area contributed by atoms with Crippen molar-refractivity contribution in [3.05, 3.63) is 71.2 Å². The lowest BCUT2D eigenvalue weighted by molar-refractivity contribution is -0.116. The highest BCUT2D eigenvalue weighted by Gasteiger charge is 2.20. The maximum absolute atomic E-state index is 13.0. The SMILES string of the molecule is COc1cccc(C(=O)c2oc3cc(NC(=O)CCc4cc(OC)no4)ccc3c2C)c1. The standard InChI is InChI=1S/C24H22N2O6/c1-14-19-9-7-16(25-21(27)10-8-18-13-22(30-3)26-32-18)12-20(19)31-24(14)23(28)15-5-4-6-17(11-15)29-2/h4-7,9,11-13H,8,10H2,1-3H3,(H,25,27). The summed E-state index contributed by atoms with van der Waals surface area (Å²) < 4.78 is 21.1. The van der Waals surface area contributed by atoms with E-state index in [2.05, 4.69) is 10.5 Å². The van der Waals surface area contributed by atoms with E-state index in [0.717, 1.165) is 10.9 Å². The average molecular weight is 434 g/mol. The number of fused-ring (bicyclic) bond motifs is 1. The summed E-state index contributed by atoms with van der Waals surface area (Å²) in [4.78, 5) is 25.3. The molecule has 0 aliphatic rings. The Morgan fingerprint density at radius 2 is 1.91 bits per heavy atom. The number of benzene rings is 2. The van der Waals surface area contributed by atoms with Gasteiger partial charge in [0.15, 0.2) is 5.76 Å². The van der Waals surface area contributed by atoms with Crippen LogP contribution < -0.4 is 14.8 Å². The van der Waals surface area contributed by atoms with E-state index in [0.29, 0.717) is 40.6 Å². The van der Waals surface area contributed by atoms with Gasteiger partial charge in [0, 0.05) is 47.2 Å². The molecule has 1 amide bonds. The predicted octanol–water partition coefficient (Wildman–Crippen LogP) is 4.55. The maximum Gasteiger partial charge on any atom is 0.254 e. The molecule has 32 heavy (non-hydrogen) atoms. The Morgan fingerprint density at radius 3 is 2.66 bits per heavy atom. The van der Waals surface area contributed by atoms with Crippen LogP contribution in [-0.2, 0) is 11.2 Å². The zero-order valence-corrected chi connectivity index (χ0v) is 17.9. The number of nitrogens with zero attached hydrogens (tertiary/aromatic N) is 1. The lowest BCUT2D eigenvalue weighted by Crippen LogP contribution is -2.12. The van der Waals surface area contributed by atoms with Gasteiger partial charge in [-0.05, 0) is 36.3 Å². The van der Waals surface area contributed by atoms with E-state index in [4.69, 9.17) is 18.4 Å². The van der Waals surface area contributed by atoms with Crippen molar-refractivity contribution < 1.29 is 28.0 Å². The van der Waals surface area contributed by atoms with Gasteiger partial charge in [-0.3, -0.25) is 9.59 Å². The molecule has 0 unspecified atom stereocenters. The van der Waals surface area contributed by atoms with Crippen molar-refractivity contribution in [3.8, 4) is 11.6 Å². The summed E-state index contributed by atoms with van der Waals surface area (Å²) in [6, 6.07) is 13.9. The van der Waals surface area contributed by atoms with Crippen LogP contribution in [0.1, 0.15) is 33.9 Å². The van der Waals surface area contributed by atoms with E-state index < -0.39 is 0 Å². The number of furan rings is 1. The highest BCUT2D eigenvalue weighted by atomic mass is 16.5. The molecule has 0 aliphatic carbocycles. The van der Waals surface area contributed by atoms with E-state index in [1.54, 1.807) is 49.6 Å². The molecule has 0 aliphatic heterocycles. The third-order valence-electron chi connectivity index (χ3n) is 5.11. The van der Waals surface area contributed by atoms with Gasteiger partial charge in [-0.25, -0.2) is 0 Å². The maximum atomic E-state index is 13.0. The summed E-state index contributed by atoms with van der Waals surface area (Å²) in [5.74, 6) is 1.38. The van der Waals surface area contributed by atoms with Crippen LogP contribution in [-0.4, -0.2) is 31.1 Å². The van der Waals surface area contributed by atoms with Crippen LogP contribution in [0.15, 0.2) is 57.5 Å². The van der Waals surface area contributed by atoms with E-state index in [1.807, 2.05) is 13.0 Å². The molecule has 8 heteroatoms. The highest BCUT2D eigenvalue weighted by Crippen LogP contribution is 2.30. The van der Waals surface area contributed by atoms with Gasteiger partial charge in [0.2, 0.25) is 11.7 Å². The molecule has 0 radical (unpaired) electrons. The van der Waals surface area contributed by atoms with Gasteiger partial charge in [0.25, 0.3) is 5.88 Å². The number of ketones is 1. The minimum absolute atomic E-state index is 0.185. The van der Waals surface area contributed by atoms with Crippen LogP contribution in [0, 0.1) is 6.92 Å². The van der Waals surface area contributed by atoms with Crippen molar-refractivity contribution in [2.24, 2.45) is 0 Å². The number of methoxy groups -OCH3 is 2. The van der Waals surface area contributed by atoms with Crippen molar-refractivity contribution in [2.45, 2.75) is 19.8 Å². The molecule has 0 saturated carbocycles. The van der Waals surface area contributed by atoms with Crippen molar-refractivity contribution >= 4 is 28.3 Å². The molecular formula is C24H22N2O6. The first kappa shape index (κ1) is 21.2. The summed E-state index contributed by atoms with van der Waals surface area (Å²) in [5.41, 5.74) is 2.31. The van der Waals surface area contributed by atoms with E-state index in [-0.39, 0.29) is 23.9 Å². The number of rotatable bonds is 8. The molecule has 0 atom stereocenters. The van der Waals surface area contributed by atoms with Crippen molar-refractivity contribution in [3.63, 3.8) is 0 Å². The highest BCUT2D eigenvalue weighted by molar-refractivity contribution is 6.11. The van der Waals surface area contributed by atoms with Gasteiger partial charge >= 0.3 is 0 Å². The average Bonchev–Trinajstić information content (AvgIpc) is 3.41. The van der Waals surface area contributed by atoms with Crippen LogP contribution >= 0.6 is 0 Å². The van der Waals surface area contributed by atoms with E-state index in [1.165, 1.54) is 7.11 Å². The first-order valence-electron chi connectivity index (χ1n) is 10.00. The first-order chi connectivity index (χ1) is 15.5. The van der Waals surface area contributed by atoms with E-state index in [9.17, 15) is 9.59 Å². The Bertz CT molecular complexity index is 1290. The topological polar surface area (TPSA) is 104 Å². The van der Waals surface area contributed by atoms with Gasteiger partial charge in [-0.1, -0.05) is 12.1 Å². The second-order valence-electron chi connectivity index (χ2n) is 7.21. The van der Waals surface area contributed by atoms with Gasteiger partial charge < -0.3 is 23.7 Å². The van der Waals surface area contributed by atoms with E-state index >= 15 is 0 Å². The lowest BCUT2D eigenvalue weighted by Gasteiger charge is -2.04. The fourth-order valence-electron chi connectivity index (χ4n) is 3.38. The molecule has 0 fully saturated rings. The molecule has 2 aromatic heterocycles. The molecule has 0 spiro atoms. The number of aromatic nitrogens is 1. The minimum Gasteiger partial charge on any atom is -0.497 e. The van der Waals surface area contributed by atoms with Crippen LogP contribution in [0.25, 0.3) is 11.0 Å². The number of hydrogen-bond donors (Lipinski definition) is 1. The number of carbonyl (C=O) groups excluding carboxylic acids is 2. The van der Waals surface area contributed by atoms with Crippen LogP contribution in [0.2, 0.25) is 0 Å². The molecule has 0 bridgehead atoms. The molecular weight excluding hydrogens is 412 g/mol. The number of carbonyl (C=O) groups is 2. The summed E-state index contributed by atoms with van der Waals surface area (Å²) >= 11 is 0. The van der Waals surface area contributed by atoms with Crippen LogP contribution in [0.3, 0.4) is 0 Å². The molecule has 0 saturated heterocycles. The number of ether oxygens (including phenoxy) is 2. The van der Waals surface area contributed by atoms with Crippen molar-refractivity contribution in [1.29, 1.82) is 0 Å². The van der Waals surface area contributed by atoms with Crippen molar-refractivity contribution in [1.82, 2.24) is 5.16 Å². The smallest absolute Gasteiger partial charge is 0.254 e. The third kappa shape index (κ3) is 4.34. The number of amides is 1. The van der Waals surface area contributed by atoms with Crippen LogP contribution in [0.5, 0.6) is 11.6 Å². The number of aryl methyl sites for hydroxylation is 2. The second-order valence-corrected chi connectivity index (χ2v) is 7.21. The monoisotopic (exact) mass is 434 g/mol. The Morgan fingerprint density at radius 1 is 1.06 bits per heavy atom. The largest absolute Gasteiger partial charge is 0.497 e. The molecule has 8 nitrogen and oxygen atoms in total. The third-order valence-corrected chi connectivity index (χ3v) is 5.11. The minimum atomic E-state index is -0.231. The summed E-state index contributed by atoms with van der Waals surface area (Å²) in [6.45, 7) is 1.84. The predicted molar refractivity (Wildman–Crippen MR) is 117 cm³/mol. The normalized spacial score (nSPS) is 10.8. The summed E-state index contributed by atoms with van der Waals surface area (Å²) in [6.07, 6.45) is 0.608. The lowest BCUT2D eigenvalue weighted by atomic mass is 10.0. The quantitative estimate of drug-likeness (QED) is 0.406. The molecule has 2 aromatic carbocycles. The Labute approximate surface area is 184 Å². The molecule has 164 valence electrons. The number of hydrogen-bond acceptors (Lipinski definition) is 7. The van der Waals surface area contributed by atoms with Crippen LogP contribution in [0.4, 0.5) is 5.69 Å². The summed E-state index contributed by atoms with van der Waals surface area (Å²) in [5, 5.41) is 7.36. The van der Waals surface area contributed by atoms with Gasteiger partial charge in [0.05, 0.1) is 14.2 Å². The van der Waals surface area contributed by atoms with Gasteiger partial charge in [-0.2, -0.15) is 0 Å². The molecule has 4 aromatic rings. The summed E-state index contributed by atoms with van der Waals surface area (Å²) in [7, 11) is 3.05. The fourth-order valence-corrected chi connectivity index (χ4v) is 3.38. The van der Waals surface area contributed by atoms with Gasteiger partial charge in [0.1, 0.15) is 17.1 Å². The first-order valence-corrected chi connectivity index (χ1v) is 10.00. The zero-order chi connectivity index (χ0) is 22.7. The number of anilines is 1. The number of nitrogens with one attached hydrogen (secondary N) is 1. The molecule has 1 N–H and O–H groups in total. The Balaban J connectivity index is 1.49. The Hall–Kier alpha value is -4.07. The zero-order valence-electron chi connectivity index (χ0n) is 17.9.